The van der Waals surface area contributed by atoms with E-state index in [-0.39, 0.29) is 5.91 Å². The van der Waals surface area contributed by atoms with Gasteiger partial charge in [0.2, 0.25) is 0 Å². The minimum Gasteiger partial charge on any atom is -0.384 e. The van der Waals surface area contributed by atoms with Crippen LogP contribution in [0.4, 0.5) is 5.82 Å². The van der Waals surface area contributed by atoms with Gasteiger partial charge in [-0.15, -0.1) is 0 Å². The Balaban J connectivity index is 2.16. The molecule has 2 aromatic heterocycles. The number of hydrogen-bond donors (Lipinski definition) is 2. The smallest absolute Gasteiger partial charge is 0.254 e. The molecule has 0 atom stereocenters. The number of pyridine rings is 1. The van der Waals surface area contributed by atoms with E-state index in [0.29, 0.717) is 17.9 Å². The fourth-order valence-corrected chi connectivity index (χ4v) is 1.85. The van der Waals surface area contributed by atoms with Crippen LogP contribution >= 0.6 is 0 Å². The van der Waals surface area contributed by atoms with Gasteiger partial charge in [-0.05, 0) is 18.6 Å². The molecule has 6 heteroatoms. The Labute approximate surface area is 111 Å². The number of amides is 1. The summed E-state index contributed by atoms with van der Waals surface area (Å²) < 4.78 is 0. The van der Waals surface area contributed by atoms with Gasteiger partial charge >= 0.3 is 0 Å². The third kappa shape index (κ3) is 3.09. The number of carbonyl (C=O) groups excluding carboxylic acids is 1. The summed E-state index contributed by atoms with van der Waals surface area (Å²) in [4.78, 5) is 18.1. The molecule has 0 aliphatic carbocycles. The Kier molecular flexibility index (Phi) is 3.79. The van der Waals surface area contributed by atoms with Gasteiger partial charge in [0.1, 0.15) is 5.82 Å². The molecule has 0 aliphatic heterocycles. The van der Waals surface area contributed by atoms with E-state index in [1.54, 1.807) is 36.5 Å². The van der Waals surface area contributed by atoms with E-state index >= 15 is 0 Å². The molecule has 0 bridgehead atoms. The number of nitrogens with one attached hydrogen (secondary N) is 1. The maximum atomic E-state index is 12.3. The first-order chi connectivity index (χ1) is 9.10. The van der Waals surface area contributed by atoms with Gasteiger partial charge in [-0.25, -0.2) is 4.98 Å². The number of carbonyl (C=O) groups is 1. The SMILES string of the molecule is CCc1cc(C(=O)N(C)Cc2cn[nH]c2)cc(N)n1. The van der Waals surface area contributed by atoms with E-state index in [2.05, 4.69) is 15.2 Å². The van der Waals surface area contributed by atoms with Crippen LogP contribution in [0.5, 0.6) is 0 Å². The first-order valence-electron chi connectivity index (χ1n) is 6.09. The minimum atomic E-state index is -0.0787. The molecule has 0 aliphatic rings. The largest absolute Gasteiger partial charge is 0.384 e. The summed E-state index contributed by atoms with van der Waals surface area (Å²) in [6.45, 7) is 2.48. The third-order valence-corrected chi connectivity index (χ3v) is 2.83. The van der Waals surface area contributed by atoms with Gasteiger partial charge in [0.05, 0.1) is 6.20 Å². The van der Waals surface area contributed by atoms with Crippen molar-refractivity contribution in [3.8, 4) is 0 Å². The lowest BCUT2D eigenvalue weighted by Gasteiger charge is -2.16. The molecule has 2 heterocycles. The molecule has 100 valence electrons. The zero-order valence-electron chi connectivity index (χ0n) is 11.1. The van der Waals surface area contributed by atoms with Crippen LogP contribution in [0.3, 0.4) is 0 Å². The number of rotatable bonds is 4. The Morgan fingerprint density at radius 3 is 2.89 bits per heavy atom. The van der Waals surface area contributed by atoms with Crippen molar-refractivity contribution < 1.29 is 4.79 Å². The van der Waals surface area contributed by atoms with E-state index in [1.165, 1.54) is 0 Å². The molecule has 0 fully saturated rings. The molecule has 6 nitrogen and oxygen atoms in total. The van der Waals surface area contributed by atoms with E-state index in [4.69, 9.17) is 5.73 Å². The van der Waals surface area contributed by atoms with Crippen LogP contribution in [-0.4, -0.2) is 33.0 Å². The summed E-state index contributed by atoms with van der Waals surface area (Å²) in [5.41, 5.74) is 8.05. The second-order valence-corrected chi connectivity index (χ2v) is 4.39. The van der Waals surface area contributed by atoms with Crippen LogP contribution < -0.4 is 5.73 Å². The van der Waals surface area contributed by atoms with Gasteiger partial charge in [0, 0.05) is 36.6 Å². The standard InChI is InChI=1S/C13H17N5O/c1-3-11-4-10(5-12(14)17-11)13(19)18(2)8-9-6-15-16-7-9/h4-7H,3,8H2,1-2H3,(H2,14,17)(H,15,16). The van der Waals surface area contributed by atoms with Crippen molar-refractivity contribution in [2.45, 2.75) is 19.9 Å². The topological polar surface area (TPSA) is 87.9 Å². The fourth-order valence-electron chi connectivity index (χ4n) is 1.85. The molecular formula is C13H17N5O. The lowest BCUT2D eigenvalue weighted by atomic mass is 10.1. The second kappa shape index (κ2) is 5.51. The maximum Gasteiger partial charge on any atom is 0.254 e. The molecule has 3 N–H and O–H groups in total. The Bertz CT molecular complexity index is 564. The van der Waals surface area contributed by atoms with Crippen LogP contribution in [0.2, 0.25) is 0 Å². The number of nitrogens with zero attached hydrogens (tertiary/aromatic N) is 3. The first kappa shape index (κ1) is 13.1. The second-order valence-electron chi connectivity index (χ2n) is 4.39. The molecule has 19 heavy (non-hydrogen) atoms. The van der Waals surface area contributed by atoms with Crippen LogP contribution in [0.25, 0.3) is 0 Å². The molecule has 0 radical (unpaired) electrons. The average molecular weight is 259 g/mol. The highest BCUT2D eigenvalue weighted by atomic mass is 16.2. The van der Waals surface area contributed by atoms with Gasteiger partial charge < -0.3 is 10.6 Å². The number of nitrogens with two attached hydrogens (primary N) is 1. The molecule has 0 spiro atoms. The number of anilines is 1. The molecule has 2 rings (SSSR count). The highest BCUT2D eigenvalue weighted by molar-refractivity contribution is 5.94. The van der Waals surface area contributed by atoms with E-state index in [0.717, 1.165) is 17.7 Å². The summed E-state index contributed by atoms with van der Waals surface area (Å²) in [7, 11) is 1.75. The van der Waals surface area contributed by atoms with E-state index in [1.807, 2.05) is 6.92 Å². The van der Waals surface area contributed by atoms with E-state index < -0.39 is 0 Å². The summed E-state index contributed by atoms with van der Waals surface area (Å²) in [6, 6.07) is 3.39. The summed E-state index contributed by atoms with van der Waals surface area (Å²) >= 11 is 0. The van der Waals surface area contributed by atoms with Crippen LogP contribution in [-0.2, 0) is 13.0 Å². The molecule has 0 saturated carbocycles. The molecule has 2 aromatic rings. The van der Waals surface area contributed by atoms with Crippen LogP contribution in [0.1, 0.15) is 28.5 Å². The predicted octanol–water partition coefficient (Wildman–Crippen LogP) is 1.22. The number of aryl methyl sites for hydroxylation is 1. The zero-order chi connectivity index (χ0) is 13.8. The van der Waals surface area contributed by atoms with Gasteiger partial charge in [0.15, 0.2) is 0 Å². The fraction of sp³-hybridized carbons (Fsp3) is 0.308. The Morgan fingerprint density at radius 1 is 1.47 bits per heavy atom. The van der Waals surface area contributed by atoms with Crippen molar-refractivity contribution in [3.63, 3.8) is 0 Å². The van der Waals surface area contributed by atoms with Gasteiger partial charge in [-0.1, -0.05) is 6.92 Å². The van der Waals surface area contributed by atoms with Gasteiger partial charge in [0.25, 0.3) is 5.91 Å². The van der Waals surface area contributed by atoms with Crippen molar-refractivity contribution in [1.82, 2.24) is 20.1 Å². The Hall–Kier alpha value is -2.37. The molecule has 1 amide bonds. The van der Waals surface area contributed by atoms with Crippen LogP contribution in [0, 0.1) is 0 Å². The quantitative estimate of drug-likeness (QED) is 0.864. The lowest BCUT2D eigenvalue weighted by molar-refractivity contribution is 0.0785. The predicted molar refractivity (Wildman–Crippen MR) is 72.4 cm³/mol. The average Bonchev–Trinajstić information content (AvgIpc) is 2.89. The lowest BCUT2D eigenvalue weighted by Crippen LogP contribution is -2.26. The molecule has 0 unspecified atom stereocenters. The monoisotopic (exact) mass is 259 g/mol. The van der Waals surface area contributed by atoms with E-state index in [9.17, 15) is 4.79 Å². The number of hydrogen-bond acceptors (Lipinski definition) is 4. The van der Waals surface area contributed by atoms with Crippen molar-refractivity contribution in [1.29, 1.82) is 0 Å². The molecular weight excluding hydrogens is 242 g/mol. The first-order valence-corrected chi connectivity index (χ1v) is 6.09. The molecule has 0 aromatic carbocycles. The summed E-state index contributed by atoms with van der Waals surface area (Å²) in [6.07, 6.45) is 4.21. The van der Waals surface area contributed by atoms with Crippen molar-refractivity contribution >= 4 is 11.7 Å². The Morgan fingerprint density at radius 2 is 2.26 bits per heavy atom. The molecule has 0 saturated heterocycles. The van der Waals surface area contributed by atoms with Crippen molar-refractivity contribution in [2.75, 3.05) is 12.8 Å². The highest BCUT2D eigenvalue weighted by Crippen LogP contribution is 2.12. The number of nitrogen functional groups attached to an aromatic ring is 1. The summed E-state index contributed by atoms with van der Waals surface area (Å²) in [5.74, 6) is 0.296. The minimum absolute atomic E-state index is 0.0787. The maximum absolute atomic E-state index is 12.3. The zero-order valence-corrected chi connectivity index (χ0v) is 11.1. The normalized spacial score (nSPS) is 10.4. The van der Waals surface area contributed by atoms with Gasteiger partial charge in [-0.3, -0.25) is 9.89 Å². The highest BCUT2D eigenvalue weighted by Gasteiger charge is 2.14. The van der Waals surface area contributed by atoms with Crippen LogP contribution in [0.15, 0.2) is 24.5 Å². The summed E-state index contributed by atoms with van der Waals surface area (Å²) in [5, 5.41) is 6.58. The number of H-pyrrole nitrogens is 1. The number of aromatic amines is 1. The number of aromatic nitrogens is 3. The van der Waals surface area contributed by atoms with Gasteiger partial charge in [-0.2, -0.15) is 5.10 Å². The van der Waals surface area contributed by atoms with Crippen molar-refractivity contribution in [3.05, 3.63) is 41.3 Å². The third-order valence-electron chi connectivity index (χ3n) is 2.83. The van der Waals surface area contributed by atoms with Crippen molar-refractivity contribution in [2.24, 2.45) is 0 Å².